The Kier molecular flexibility index (Phi) is 3.39. The van der Waals surface area contributed by atoms with Gasteiger partial charge in [-0.25, -0.2) is 9.37 Å². The molecule has 0 spiro atoms. The van der Waals surface area contributed by atoms with Crippen molar-refractivity contribution < 1.29 is 17.6 Å². The van der Waals surface area contributed by atoms with Crippen LogP contribution < -0.4 is 5.32 Å². The summed E-state index contributed by atoms with van der Waals surface area (Å²) in [6, 6.07) is 4.00. The topological polar surface area (TPSA) is 55.6 Å². The number of hydrogen-bond donors (Lipinski definition) is 1. The molecule has 9 heteroatoms. The molecule has 0 aliphatic heterocycles. The molecule has 5 nitrogen and oxygen atoms in total. The quantitative estimate of drug-likeness (QED) is 0.754. The molecule has 0 aliphatic rings. The summed E-state index contributed by atoms with van der Waals surface area (Å²) in [6.07, 6.45) is -0.339. The number of alkyl halides is 3. The van der Waals surface area contributed by atoms with Gasteiger partial charge in [0.15, 0.2) is 17.5 Å². The lowest BCUT2D eigenvalue weighted by atomic mass is 10.3. The van der Waals surface area contributed by atoms with E-state index in [1.54, 1.807) is 0 Å². The number of fused-ring (bicyclic) bond motifs is 1. The van der Waals surface area contributed by atoms with Crippen LogP contribution in [0, 0.1) is 5.82 Å². The molecular formula is C13H9F4N5. The molecule has 0 atom stereocenters. The van der Waals surface area contributed by atoms with Gasteiger partial charge in [-0.05, 0) is 18.2 Å². The lowest BCUT2D eigenvalue weighted by Gasteiger charge is -2.07. The first kappa shape index (κ1) is 14.2. The van der Waals surface area contributed by atoms with Gasteiger partial charge in [0, 0.05) is 18.6 Å². The average Bonchev–Trinajstić information content (AvgIpc) is 2.78. The molecule has 0 bridgehead atoms. The fraction of sp³-hybridized carbons (Fsp3) is 0.154. The highest BCUT2D eigenvalue weighted by molar-refractivity contribution is 5.90. The molecule has 3 heterocycles. The summed E-state index contributed by atoms with van der Waals surface area (Å²) in [5.74, 6) is -0.695. The summed E-state index contributed by atoms with van der Waals surface area (Å²) in [7, 11) is 0. The normalized spacial score (nSPS) is 11.8. The Morgan fingerprint density at radius 1 is 1.14 bits per heavy atom. The van der Waals surface area contributed by atoms with Crippen LogP contribution in [0.2, 0.25) is 0 Å². The highest BCUT2D eigenvalue weighted by Crippen LogP contribution is 2.27. The van der Waals surface area contributed by atoms with Gasteiger partial charge < -0.3 is 5.32 Å². The minimum absolute atomic E-state index is 0.0601. The number of halogens is 4. The van der Waals surface area contributed by atoms with Crippen molar-refractivity contribution in [1.29, 1.82) is 0 Å². The first-order valence-corrected chi connectivity index (χ1v) is 6.19. The second-order valence-corrected chi connectivity index (χ2v) is 4.47. The van der Waals surface area contributed by atoms with Gasteiger partial charge in [-0.15, -0.1) is 0 Å². The highest BCUT2D eigenvalue weighted by Gasteiger charge is 2.30. The van der Waals surface area contributed by atoms with E-state index in [1.807, 2.05) is 0 Å². The van der Waals surface area contributed by atoms with E-state index in [-0.39, 0.29) is 17.2 Å². The Balaban J connectivity index is 2.05. The van der Waals surface area contributed by atoms with Gasteiger partial charge in [-0.2, -0.15) is 18.3 Å². The molecule has 114 valence electrons. The smallest absolute Gasteiger partial charge is 0.320 e. The van der Waals surface area contributed by atoms with E-state index in [0.717, 1.165) is 4.68 Å². The van der Waals surface area contributed by atoms with Crippen LogP contribution in [0.3, 0.4) is 0 Å². The second-order valence-electron chi connectivity index (χ2n) is 4.47. The zero-order valence-corrected chi connectivity index (χ0v) is 11.0. The van der Waals surface area contributed by atoms with Crippen molar-refractivity contribution in [1.82, 2.24) is 19.7 Å². The standard InChI is InChI=1S/C13H9F4N5/c14-9-2-1-4-19-12(9)20-11-8-6-18-5-3-10(8)22(21-11)7-13(15,16)17/h1-6H,7H2,(H,19,20,21). The van der Waals surface area contributed by atoms with Crippen LogP contribution in [0.25, 0.3) is 10.9 Å². The second kappa shape index (κ2) is 5.24. The van der Waals surface area contributed by atoms with Crippen LogP contribution in [0.4, 0.5) is 29.2 Å². The number of nitrogens with zero attached hydrogens (tertiary/aromatic N) is 4. The summed E-state index contributed by atoms with van der Waals surface area (Å²) >= 11 is 0. The Hall–Kier alpha value is -2.71. The molecular weight excluding hydrogens is 302 g/mol. The third-order valence-corrected chi connectivity index (χ3v) is 2.88. The van der Waals surface area contributed by atoms with Crippen molar-refractivity contribution in [2.75, 3.05) is 5.32 Å². The van der Waals surface area contributed by atoms with Crippen molar-refractivity contribution >= 4 is 22.5 Å². The van der Waals surface area contributed by atoms with Crippen LogP contribution in [0.15, 0.2) is 36.8 Å². The lowest BCUT2D eigenvalue weighted by Crippen LogP contribution is -2.18. The molecule has 0 aliphatic carbocycles. The Morgan fingerprint density at radius 3 is 2.68 bits per heavy atom. The molecule has 22 heavy (non-hydrogen) atoms. The third-order valence-electron chi connectivity index (χ3n) is 2.88. The molecule has 3 aromatic heterocycles. The molecule has 0 radical (unpaired) electrons. The fourth-order valence-electron chi connectivity index (χ4n) is 2.00. The van der Waals surface area contributed by atoms with Crippen molar-refractivity contribution in [2.24, 2.45) is 0 Å². The molecule has 3 rings (SSSR count). The summed E-state index contributed by atoms with van der Waals surface area (Å²) < 4.78 is 52.2. The SMILES string of the molecule is Fc1cccnc1Nc1nn(CC(F)(F)F)c2ccncc12. The maximum Gasteiger partial charge on any atom is 0.408 e. The molecule has 0 amide bonds. The van der Waals surface area contributed by atoms with Crippen LogP contribution in [-0.2, 0) is 6.54 Å². The maximum atomic E-state index is 13.6. The zero-order chi connectivity index (χ0) is 15.7. The minimum Gasteiger partial charge on any atom is -0.320 e. The van der Waals surface area contributed by atoms with Gasteiger partial charge in [0.25, 0.3) is 0 Å². The lowest BCUT2D eigenvalue weighted by molar-refractivity contribution is -0.141. The van der Waals surface area contributed by atoms with E-state index in [9.17, 15) is 17.6 Å². The van der Waals surface area contributed by atoms with Gasteiger partial charge >= 0.3 is 6.18 Å². The monoisotopic (exact) mass is 311 g/mol. The van der Waals surface area contributed by atoms with Crippen molar-refractivity contribution in [3.05, 3.63) is 42.6 Å². The van der Waals surface area contributed by atoms with E-state index in [1.165, 1.54) is 36.8 Å². The molecule has 0 saturated carbocycles. The number of pyridine rings is 2. The molecule has 3 aromatic rings. The first-order chi connectivity index (χ1) is 10.4. The Morgan fingerprint density at radius 2 is 1.95 bits per heavy atom. The van der Waals surface area contributed by atoms with E-state index in [4.69, 9.17) is 0 Å². The van der Waals surface area contributed by atoms with Crippen molar-refractivity contribution in [3.63, 3.8) is 0 Å². The largest absolute Gasteiger partial charge is 0.408 e. The Bertz CT molecular complexity index is 812. The summed E-state index contributed by atoms with van der Waals surface area (Å²) in [6.45, 7) is -1.25. The number of anilines is 2. The van der Waals surface area contributed by atoms with Gasteiger partial charge in [-0.1, -0.05) is 0 Å². The molecule has 0 fully saturated rings. The predicted molar refractivity (Wildman–Crippen MR) is 71.1 cm³/mol. The minimum atomic E-state index is -4.42. The van der Waals surface area contributed by atoms with Gasteiger partial charge in [0.05, 0.1) is 10.9 Å². The van der Waals surface area contributed by atoms with Crippen LogP contribution >= 0.6 is 0 Å². The van der Waals surface area contributed by atoms with Gasteiger partial charge in [0.1, 0.15) is 6.54 Å². The van der Waals surface area contributed by atoms with Crippen LogP contribution in [0.5, 0.6) is 0 Å². The van der Waals surface area contributed by atoms with E-state index < -0.39 is 18.5 Å². The van der Waals surface area contributed by atoms with E-state index >= 15 is 0 Å². The van der Waals surface area contributed by atoms with Crippen molar-refractivity contribution in [3.8, 4) is 0 Å². The van der Waals surface area contributed by atoms with Crippen LogP contribution in [-0.4, -0.2) is 25.9 Å². The van der Waals surface area contributed by atoms with Gasteiger partial charge in [0.2, 0.25) is 0 Å². The molecule has 0 unspecified atom stereocenters. The van der Waals surface area contributed by atoms with Crippen LogP contribution in [0.1, 0.15) is 0 Å². The number of nitrogens with one attached hydrogen (secondary N) is 1. The van der Waals surface area contributed by atoms with Crippen molar-refractivity contribution in [2.45, 2.75) is 12.7 Å². The summed E-state index contributed by atoms with van der Waals surface area (Å²) in [5, 5.41) is 6.79. The highest BCUT2D eigenvalue weighted by atomic mass is 19.4. The average molecular weight is 311 g/mol. The molecule has 1 N–H and O–H groups in total. The maximum absolute atomic E-state index is 13.6. The third kappa shape index (κ3) is 2.83. The first-order valence-electron chi connectivity index (χ1n) is 6.19. The summed E-state index contributed by atoms with van der Waals surface area (Å²) in [5.41, 5.74) is 0.242. The zero-order valence-electron chi connectivity index (χ0n) is 11.0. The van der Waals surface area contributed by atoms with E-state index in [2.05, 4.69) is 20.4 Å². The number of rotatable bonds is 3. The predicted octanol–water partition coefficient (Wildman–Crippen LogP) is 3.27. The number of aromatic nitrogens is 4. The number of hydrogen-bond acceptors (Lipinski definition) is 4. The Labute approximate surface area is 121 Å². The van der Waals surface area contributed by atoms with E-state index in [0.29, 0.717) is 5.39 Å². The van der Waals surface area contributed by atoms with Gasteiger partial charge in [-0.3, -0.25) is 9.67 Å². The molecule has 0 saturated heterocycles. The summed E-state index contributed by atoms with van der Waals surface area (Å²) in [4.78, 5) is 7.64. The molecule has 0 aromatic carbocycles. The fourth-order valence-corrected chi connectivity index (χ4v) is 2.00.